The fourth-order valence-electron chi connectivity index (χ4n) is 11.7. The second-order valence-corrected chi connectivity index (χ2v) is 31.6. The highest BCUT2D eigenvalue weighted by Crippen LogP contribution is 2.45. The van der Waals surface area contributed by atoms with Gasteiger partial charge in [0.1, 0.15) is 19.3 Å². The third kappa shape index (κ3) is 67.9. The van der Waals surface area contributed by atoms with Crippen LogP contribution in [0, 0.1) is 17.8 Å². The summed E-state index contributed by atoms with van der Waals surface area (Å²) in [6.45, 7) is 11.9. The molecule has 0 amide bonds. The highest BCUT2D eigenvalue weighted by atomic mass is 31.2. The summed E-state index contributed by atoms with van der Waals surface area (Å²) in [4.78, 5) is 72.7. The van der Waals surface area contributed by atoms with Gasteiger partial charge in [-0.05, 0) is 43.4 Å². The Morgan fingerprint density at radius 1 is 0.302 bits per heavy atom. The molecule has 0 heterocycles. The molecule has 4 unspecified atom stereocenters. The molecule has 0 aromatic carbocycles. The van der Waals surface area contributed by atoms with E-state index in [9.17, 15) is 43.2 Å². The van der Waals surface area contributed by atoms with Crippen molar-refractivity contribution < 1.29 is 80.2 Å². The first kappa shape index (κ1) is 94.1. The van der Waals surface area contributed by atoms with Crippen molar-refractivity contribution in [2.24, 2.45) is 17.8 Å². The molecule has 0 aliphatic carbocycles. The minimum atomic E-state index is -4.96. The van der Waals surface area contributed by atoms with E-state index in [-0.39, 0.29) is 25.7 Å². The van der Waals surface area contributed by atoms with Gasteiger partial charge in [-0.1, -0.05) is 344 Å². The molecule has 96 heavy (non-hydrogen) atoms. The number of aliphatic hydroxyl groups is 1. The van der Waals surface area contributed by atoms with Crippen LogP contribution < -0.4 is 0 Å². The predicted molar refractivity (Wildman–Crippen MR) is 391 cm³/mol. The molecular formula is C77H150O17P2. The molecular weight excluding hydrogens is 1260 g/mol. The molecule has 0 spiro atoms. The van der Waals surface area contributed by atoms with E-state index in [1.165, 1.54) is 205 Å². The Balaban J connectivity index is 5.19. The van der Waals surface area contributed by atoms with E-state index in [0.717, 1.165) is 108 Å². The number of carbonyl (C=O) groups is 4. The van der Waals surface area contributed by atoms with Gasteiger partial charge in [0.05, 0.1) is 26.4 Å². The molecule has 3 N–H and O–H groups in total. The Hall–Kier alpha value is -1.94. The number of hydrogen-bond acceptors (Lipinski definition) is 15. The third-order valence-electron chi connectivity index (χ3n) is 18.6. The lowest BCUT2D eigenvalue weighted by molar-refractivity contribution is -0.161. The zero-order chi connectivity index (χ0) is 70.9. The molecule has 0 aromatic rings. The molecule has 0 radical (unpaired) electrons. The molecule has 7 atom stereocenters. The molecule has 0 aliphatic rings. The van der Waals surface area contributed by atoms with Crippen molar-refractivity contribution in [1.29, 1.82) is 0 Å². The minimum Gasteiger partial charge on any atom is -0.462 e. The van der Waals surface area contributed by atoms with Gasteiger partial charge in [0.15, 0.2) is 12.2 Å². The van der Waals surface area contributed by atoms with E-state index >= 15 is 0 Å². The number of rotatable bonds is 75. The number of aliphatic hydroxyl groups excluding tert-OH is 1. The van der Waals surface area contributed by atoms with Crippen molar-refractivity contribution >= 4 is 39.5 Å². The monoisotopic (exact) mass is 1410 g/mol. The number of ether oxygens (including phenoxy) is 4. The van der Waals surface area contributed by atoms with Crippen LogP contribution in [-0.2, 0) is 65.4 Å². The van der Waals surface area contributed by atoms with Gasteiger partial charge in [0.2, 0.25) is 0 Å². The predicted octanol–water partition coefficient (Wildman–Crippen LogP) is 22.6. The smallest absolute Gasteiger partial charge is 0.462 e. The van der Waals surface area contributed by atoms with Crippen LogP contribution in [0.25, 0.3) is 0 Å². The number of esters is 4. The van der Waals surface area contributed by atoms with Crippen molar-refractivity contribution in [2.45, 2.75) is 414 Å². The maximum atomic E-state index is 13.1. The Kier molecular flexibility index (Phi) is 66.2. The van der Waals surface area contributed by atoms with Crippen LogP contribution in [0.3, 0.4) is 0 Å². The van der Waals surface area contributed by atoms with E-state index in [4.69, 9.17) is 37.0 Å². The molecule has 19 heteroatoms. The van der Waals surface area contributed by atoms with E-state index in [1.807, 2.05) is 0 Å². The lowest BCUT2D eigenvalue weighted by atomic mass is 9.99. The van der Waals surface area contributed by atoms with Gasteiger partial charge in [-0.3, -0.25) is 37.3 Å². The first-order valence-electron chi connectivity index (χ1n) is 39.9. The summed E-state index contributed by atoms with van der Waals surface area (Å²) >= 11 is 0. The molecule has 0 bridgehead atoms. The summed E-state index contributed by atoms with van der Waals surface area (Å²) in [5, 5.41) is 10.6. The van der Waals surface area contributed by atoms with Crippen molar-refractivity contribution in [2.75, 3.05) is 39.6 Å². The minimum absolute atomic E-state index is 0.104. The summed E-state index contributed by atoms with van der Waals surface area (Å²) in [7, 11) is -9.91. The van der Waals surface area contributed by atoms with Crippen LogP contribution >= 0.6 is 15.6 Å². The normalized spacial score (nSPS) is 14.6. The van der Waals surface area contributed by atoms with Crippen LogP contribution in [0.2, 0.25) is 0 Å². The zero-order valence-electron chi connectivity index (χ0n) is 62.8. The third-order valence-corrected chi connectivity index (χ3v) is 20.5. The fraction of sp³-hybridized carbons (Fsp3) is 0.948. The topological polar surface area (TPSA) is 237 Å². The average Bonchev–Trinajstić information content (AvgIpc) is 1.27. The SMILES string of the molecule is CCCCCCCCCCCC(=O)OC[C@H](COP(=O)(O)OC[C@H](O)COP(=O)(O)OC[C@@H](COC(=O)CCCCCCCCCCCCC(C)CC)OC(=O)CCCCCCCCCCCCCCCCCCCCC(C)CC)OC(=O)CCCCCCCCCCC(C)C. The van der Waals surface area contributed by atoms with Crippen LogP contribution in [0.15, 0.2) is 0 Å². The first-order valence-corrected chi connectivity index (χ1v) is 42.9. The molecule has 0 saturated carbocycles. The molecule has 0 aliphatic heterocycles. The molecule has 0 aromatic heterocycles. The van der Waals surface area contributed by atoms with Gasteiger partial charge in [0.25, 0.3) is 0 Å². The Bertz CT molecular complexity index is 1870. The van der Waals surface area contributed by atoms with Gasteiger partial charge in [-0.25, -0.2) is 9.13 Å². The van der Waals surface area contributed by atoms with E-state index in [2.05, 4.69) is 48.5 Å². The van der Waals surface area contributed by atoms with Crippen molar-refractivity contribution in [3.8, 4) is 0 Å². The highest BCUT2D eigenvalue weighted by molar-refractivity contribution is 7.47. The van der Waals surface area contributed by atoms with Crippen LogP contribution in [0.4, 0.5) is 0 Å². The molecule has 0 rings (SSSR count). The zero-order valence-corrected chi connectivity index (χ0v) is 64.6. The van der Waals surface area contributed by atoms with Crippen molar-refractivity contribution in [1.82, 2.24) is 0 Å². The number of hydrogen-bond donors (Lipinski definition) is 3. The second-order valence-electron chi connectivity index (χ2n) is 28.7. The van der Waals surface area contributed by atoms with Crippen molar-refractivity contribution in [3.63, 3.8) is 0 Å². The van der Waals surface area contributed by atoms with Crippen LogP contribution in [0.1, 0.15) is 395 Å². The van der Waals surface area contributed by atoms with Crippen LogP contribution in [-0.4, -0.2) is 96.7 Å². The summed E-state index contributed by atoms with van der Waals surface area (Å²) in [5.74, 6) is 0.279. The Morgan fingerprint density at radius 2 is 0.531 bits per heavy atom. The molecule has 17 nitrogen and oxygen atoms in total. The summed E-state index contributed by atoms with van der Waals surface area (Å²) in [6, 6.07) is 0. The van der Waals surface area contributed by atoms with Gasteiger partial charge < -0.3 is 33.8 Å². The number of unbranched alkanes of at least 4 members (excludes halogenated alkanes) is 41. The van der Waals surface area contributed by atoms with E-state index in [1.54, 1.807) is 0 Å². The lowest BCUT2D eigenvalue weighted by Gasteiger charge is -2.21. The Morgan fingerprint density at radius 3 is 0.792 bits per heavy atom. The first-order chi connectivity index (χ1) is 46.3. The van der Waals surface area contributed by atoms with Gasteiger partial charge in [0, 0.05) is 25.7 Å². The van der Waals surface area contributed by atoms with Crippen LogP contribution in [0.5, 0.6) is 0 Å². The van der Waals surface area contributed by atoms with Gasteiger partial charge in [-0.15, -0.1) is 0 Å². The quantitative estimate of drug-likeness (QED) is 0.0222. The molecule has 570 valence electrons. The fourth-order valence-corrected chi connectivity index (χ4v) is 13.3. The average molecular weight is 1410 g/mol. The largest absolute Gasteiger partial charge is 0.472 e. The standard InChI is InChI=1S/C77H150O17P2/c1-8-11-12-13-14-27-37-44-51-58-74(79)87-64-73(94-77(82)61-54-47-40-33-32-34-41-48-55-68(4)5)67-92-96(85,86)90-63-71(78)62-89-95(83,84)91-66-72(65-88-75(80)59-52-45-38-30-26-25-29-36-43-50-57-70(7)10-3)93-76(81)60-53-46-39-31-24-22-20-18-16-15-17-19-21-23-28-35-42-49-56-69(6)9-2/h68-73,78H,8-67H2,1-7H3,(H,83,84)(H,85,86)/t69?,70?,71-,72-,73-/m1/s1. The summed E-state index contributed by atoms with van der Waals surface area (Å²) < 4.78 is 68.5. The van der Waals surface area contributed by atoms with Crippen molar-refractivity contribution in [3.05, 3.63) is 0 Å². The number of phosphoric ester groups is 2. The van der Waals surface area contributed by atoms with E-state index < -0.39 is 97.5 Å². The summed E-state index contributed by atoms with van der Waals surface area (Å²) in [6.07, 6.45) is 54.1. The lowest BCUT2D eigenvalue weighted by Crippen LogP contribution is -2.30. The maximum Gasteiger partial charge on any atom is 0.472 e. The molecule has 0 saturated heterocycles. The number of carbonyl (C=O) groups excluding carboxylic acids is 4. The van der Waals surface area contributed by atoms with Gasteiger partial charge >= 0.3 is 39.5 Å². The maximum absolute atomic E-state index is 13.1. The molecule has 0 fully saturated rings. The summed E-state index contributed by atoms with van der Waals surface area (Å²) in [5.41, 5.74) is 0. The highest BCUT2D eigenvalue weighted by Gasteiger charge is 2.30. The second kappa shape index (κ2) is 67.5. The van der Waals surface area contributed by atoms with Gasteiger partial charge in [-0.2, -0.15) is 0 Å². The van der Waals surface area contributed by atoms with E-state index in [0.29, 0.717) is 25.7 Å². The Labute approximate surface area is 588 Å². The number of phosphoric acid groups is 2.